The number of phenolic OH excluding ortho intramolecular Hbond substituents is 4. The van der Waals surface area contributed by atoms with Crippen LogP contribution < -0.4 is 66.2 Å². The first kappa shape index (κ1) is 87.5. The molecule has 0 aliphatic carbocycles. The van der Waals surface area contributed by atoms with Gasteiger partial charge < -0.3 is 142 Å². The molecule has 0 aromatic heterocycles. The molecule has 15 rings (SSSR count). The van der Waals surface area contributed by atoms with Gasteiger partial charge in [0.15, 0.2) is 29.0 Å². The van der Waals surface area contributed by atoms with E-state index < -0.39 is 265 Å². The van der Waals surface area contributed by atoms with Gasteiger partial charge in [-0.05, 0) is 120 Å². The van der Waals surface area contributed by atoms with Crippen molar-refractivity contribution in [3.05, 3.63) is 164 Å². The van der Waals surface area contributed by atoms with E-state index in [1.165, 1.54) is 49.5 Å². The smallest absolute Gasteiger partial charge is 0.330 e. The summed E-state index contributed by atoms with van der Waals surface area (Å²) in [4.78, 5) is 123. The standard InChI is InChI=1S/C83H90Cl2N8O28/c1-34(2)10-8-6-4-5-7-9-11-58(100)88-67-71(104)69(102)56(32-94)119-82(67)121-74-54-26-39-27-55(74)117-51-21-16-38(24-46(51)84)68(101)66-80(112)92-65(81(113)114)44-28-40(96)29-53(118-83-73(106)72(105)70(103)57(33-95)120-83)59(44)43-23-36(14-19-48(43)97)62(77(109)93-66)89-78(110)63(39)90-79(111)64-45-30-42(31-50(99)60(45)85)116-52-25-37(15-20-49(52)98)61(86-3)76(108)87-47(75(107)91-64)22-35-12-17-41(115-54)18-13-35/h12-21,23-31,34,47,56-57,61-73,82-83,86,94-99,101-106H,4-11,22,32-33H2,1-3H3,(H,87,108)(H,88,100)(H,89,110)(H,90,111)(H,91,107)(H,92,112)(H,93,109)(H,113,114)/t47?,56-,57-,61?,62?,63?,64?,65?,66?,67-,68?,69-,70-,71-,72+,73+,82+,83+/m1/s1. The third-order valence-corrected chi connectivity index (χ3v) is 22.4. The van der Waals surface area contributed by atoms with Gasteiger partial charge in [-0.3, -0.25) is 33.6 Å². The average Bonchev–Trinajstić information content (AvgIpc) is 0.758. The molecule has 644 valence electrons. The third kappa shape index (κ3) is 19.1. The van der Waals surface area contributed by atoms with Crippen LogP contribution >= 0.6 is 23.2 Å². The second-order valence-electron chi connectivity index (χ2n) is 30.6. The van der Waals surface area contributed by atoms with Gasteiger partial charge in [-0.1, -0.05) is 106 Å². The van der Waals surface area contributed by atoms with Gasteiger partial charge >= 0.3 is 5.97 Å². The van der Waals surface area contributed by atoms with Crippen LogP contribution in [0.3, 0.4) is 0 Å². The van der Waals surface area contributed by atoms with Crippen LogP contribution in [0.4, 0.5) is 0 Å². The van der Waals surface area contributed by atoms with E-state index >= 15 is 24.0 Å². The number of fused-ring (bicyclic) bond motifs is 14. The molecule has 121 heavy (non-hydrogen) atoms. The van der Waals surface area contributed by atoms with Crippen molar-refractivity contribution >= 4 is 70.5 Å². The van der Waals surface area contributed by atoms with Crippen molar-refractivity contribution in [2.45, 2.75) is 181 Å². The normalized spacial score (nSPS) is 26.7. The number of halogens is 2. The van der Waals surface area contributed by atoms with Gasteiger partial charge in [0.2, 0.25) is 59.7 Å². The number of phenols is 4. The van der Waals surface area contributed by atoms with Gasteiger partial charge in [0.25, 0.3) is 0 Å². The van der Waals surface area contributed by atoms with E-state index in [2.05, 4.69) is 56.4 Å². The minimum atomic E-state index is -2.42. The van der Waals surface area contributed by atoms with Crippen LogP contribution in [0.2, 0.25) is 10.0 Å². The van der Waals surface area contributed by atoms with Gasteiger partial charge in [-0.2, -0.15) is 0 Å². The minimum absolute atomic E-state index is 0.0822. The molecule has 7 aromatic carbocycles. The highest BCUT2D eigenvalue weighted by Crippen LogP contribution is 2.50. The van der Waals surface area contributed by atoms with Crippen LogP contribution in [0.1, 0.15) is 140 Å². The van der Waals surface area contributed by atoms with E-state index in [1.807, 2.05) is 0 Å². The molecule has 0 spiro atoms. The molecule has 8 heterocycles. The predicted octanol–water partition coefficient (Wildman–Crippen LogP) is 4.09. The summed E-state index contributed by atoms with van der Waals surface area (Å²) in [5, 5.41) is 168. The Morgan fingerprint density at radius 1 is 0.529 bits per heavy atom. The summed E-state index contributed by atoms with van der Waals surface area (Å²) in [6, 6.07) is 5.33. The van der Waals surface area contributed by atoms with Crippen molar-refractivity contribution in [3.8, 4) is 80.1 Å². The monoisotopic (exact) mass is 1720 g/mol. The summed E-state index contributed by atoms with van der Waals surface area (Å²) < 4.78 is 44.4. The third-order valence-electron chi connectivity index (χ3n) is 21.7. The number of carbonyl (C=O) groups is 8. The summed E-state index contributed by atoms with van der Waals surface area (Å²) in [6.45, 7) is 2.35. The zero-order chi connectivity index (χ0) is 86.7. The van der Waals surface area contributed by atoms with E-state index in [9.17, 15) is 80.8 Å². The number of hydrogen-bond acceptors (Lipinski definition) is 28. The van der Waals surface area contributed by atoms with Crippen LogP contribution in [-0.2, 0) is 54.3 Å². The van der Waals surface area contributed by atoms with Crippen molar-refractivity contribution in [1.82, 2.24) is 42.5 Å². The first-order valence-corrected chi connectivity index (χ1v) is 39.7. The highest BCUT2D eigenvalue weighted by Gasteiger charge is 2.50. The molecule has 0 saturated carbocycles. The molecule has 38 heteroatoms. The fourth-order valence-electron chi connectivity index (χ4n) is 15.2. The molecular weight excluding hydrogens is 1630 g/mol. The largest absolute Gasteiger partial charge is 0.508 e. The Morgan fingerprint density at radius 2 is 1.14 bits per heavy atom. The van der Waals surface area contributed by atoms with Gasteiger partial charge in [0.05, 0.1) is 23.3 Å². The summed E-state index contributed by atoms with van der Waals surface area (Å²) >= 11 is 14.2. The number of unbranched alkanes of at least 4 members (excludes halogenated alkanes) is 5. The van der Waals surface area contributed by atoms with Crippen molar-refractivity contribution in [2.75, 3.05) is 20.3 Å². The number of carboxylic acid groups (broad SMARTS) is 1. The fourth-order valence-corrected chi connectivity index (χ4v) is 15.7. The lowest BCUT2D eigenvalue weighted by atomic mass is 9.89. The topological polar surface area (TPSA) is 560 Å². The van der Waals surface area contributed by atoms with Crippen LogP contribution in [0, 0.1) is 5.92 Å². The summed E-state index contributed by atoms with van der Waals surface area (Å²) in [5.41, 5.74) is -3.05. The highest BCUT2D eigenvalue weighted by atomic mass is 35.5. The SMILES string of the molecule is CNC1C(=O)NC2Cc3ccc(cc3)Oc3cc4cc(c3O[C@@H]3O[C@H](CO)[C@@H](O)[C@H](O)[C@H]3NC(=O)CCCCCCCCC(C)C)Oc3ccc(cc3Cl)C(O)C3NC(=O)C(NC(=O)C4NC(=O)C(NC2=O)c2cc(cc(O)c2Cl)Oc2cc1ccc2O)c1ccc(O)c(c1)-c1c(O[C@H]2O[C@H](CO)[C@@H](O)[C@H](O)[C@@H]2O)cc(O)cc1C(C(=O)O)NC3=O. The number of hydrogen-bond donors (Lipinski definition) is 21. The lowest BCUT2D eigenvalue weighted by Crippen LogP contribution is -2.65. The summed E-state index contributed by atoms with van der Waals surface area (Å²) in [5.74, 6) is -16.4. The molecule has 8 unspecified atom stereocenters. The minimum Gasteiger partial charge on any atom is -0.508 e. The number of carbonyl (C=O) groups excluding carboxylic acids is 7. The number of aliphatic hydroxyl groups is 8. The number of aliphatic hydroxyl groups excluding tert-OH is 8. The highest BCUT2D eigenvalue weighted by molar-refractivity contribution is 6.33. The number of nitrogens with one attached hydrogen (secondary N) is 8. The fraction of sp³-hybridized carbons (Fsp3) is 0.398. The second kappa shape index (κ2) is 37.3. The Labute approximate surface area is 699 Å². The molecule has 0 radical (unpaired) electrons. The van der Waals surface area contributed by atoms with Gasteiger partial charge in [-0.15, -0.1) is 0 Å². The zero-order valence-electron chi connectivity index (χ0n) is 64.9. The quantitative estimate of drug-likeness (QED) is 0.0538. The number of aromatic hydroxyl groups is 4. The van der Waals surface area contributed by atoms with E-state index in [0.29, 0.717) is 24.3 Å². The number of ether oxygens (including phenoxy) is 7. The lowest BCUT2D eigenvalue weighted by Gasteiger charge is -2.42. The van der Waals surface area contributed by atoms with Crippen molar-refractivity contribution in [2.24, 2.45) is 5.92 Å². The van der Waals surface area contributed by atoms with Crippen LogP contribution in [-0.4, -0.2) is 207 Å². The molecule has 21 N–H and O–H groups in total. The molecule has 17 bridgehead atoms. The Hall–Kier alpha value is -11.4. The molecular formula is C83H90Cl2N8O28. The van der Waals surface area contributed by atoms with Crippen molar-refractivity contribution in [3.63, 3.8) is 0 Å². The first-order valence-electron chi connectivity index (χ1n) is 38.9. The molecule has 36 nitrogen and oxygen atoms in total. The van der Waals surface area contributed by atoms with Crippen LogP contribution in [0.15, 0.2) is 115 Å². The lowest BCUT2D eigenvalue weighted by molar-refractivity contribution is -0.277. The summed E-state index contributed by atoms with van der Waals surface area (Å²) in [6.07, 6.45) is -14.4. The Kier molecular flexibility index (Phi) is 27.0. The van der Waals surface area contributed by atoms with Crippen LogP contribution in [0.5, 0.6) is 69.0 Å². The van der Waals surface area contributed by atoms with E-state index in [4.69, 9.17) is 56.4 Å². The zero-order valence-corrected chi connectivity index (χ0v) is 66.4. The molecule has 8 aliphatic heterocycles. The van der Waals surface area contributed by atoms with Gasteiger partial charge in [0, 0.05) is 47.2 Å². The number of carboxylic acids is 1. The summed E-state index contributed by atoms with van der Waals surface area (Å²) in [7, 11) is 1.43. The molecule has 2 fully saturated rings. The van der Waals surface area contributed by atoms with Crippen LogP contribution in [0.25, 0.3) is 11.1 Å². The maximum atomic E-state index is 16.7. The molecule has 7 aromatic rings. The number of benzene rings is 7. The number of aliphatic carboxylic acids is 1. The van der Waals surface area contributed by atoms with E-state index in [0.717, 1.165) is 105 Å². The maximum absolute atomic E-state index is 16.7. The maximum Gasteiger partial charge on any atom is 0.330 e. The number of likely N-dealkylation sites (N-methyl/N-ethyl adjacent to an activating group) is 1. The second-order valence-corrected chi connectivity index (χ2v) is 31.3. The van der Waals surface area contributed by atoms with E-state index in [-0.39, 0.29) is 41.2 Å². The Balaban J connectivity index is 1.03. The molecule has 2 saturated heterocycles. The molecule has 8 aliphatic rings. The van der Waals surface area contributed by atoms with Gasteiger partial charge in [0.1, 0.15) is 131 Å². The molecule has 18 atom stereocenters. The average molecular weight is 1720 g/mol. The Morgan fingerprint density at radius 3 is 1.83 bits per heavy atom. The number of rotatable bonds is 18. The van der Waals surface area contributed by atoms with Crippen molar-refractivity contribution in [1.29, 1.82) is 0 Å². The first-order chi connectivity index (χ1) is 57.8. The van der Waals surface area contributed by atoms with E-state index in [1.54, 1.807) is 0 Å². The predicted molar refractivity (Wildman–Crippen MR) is 423 cm³/mol. The number of amides is 7. The van der Waals surface area contributed by atoms with Gasteiger partial charge in [-0.25, -0.2) is 4.79 Å². The van der Waals surface area contributed by atoms with Crippen molar-refractivity contribution < 1.29 is 138 Å². The Bertz CT molecular complexity index is 5100. The molecule has 7 amide bonds.